The Balaban J connectivity index is 2.04. The van der Waals surface area contributed by atoms with Crippen LogP contribution in [0.4, 0.5) is 0 Å². The lowest BCUT2D eigenvalue weighted by molar-refractivity contribution is 0.117. The number of unbranched alkanes of at least 4 members (excludes halogenated alkanes) is 1. The summed E-state index contributed by atoms with van der Waals surface area (Å²) in [5.74, 6) is 1.47. The molecule has 2 N–H and O–H groups in total. The van der Waals surface area contributed by atoms with Crippen LogP contribution in [0.2, 0.25) is 0 Å². The average Bonchev–Trinajstić information content (AvgIpc) is 2.53. The molecule has 0 amide bonds. The maximum atomic E-state index is 5.68. The van der Waals surface area contributed by atoms with Crippen LogP contribution in [-0.2, 0) is 11.3 Å². The van der Waals surface area contributed by atoms with E-state index in [0.717, 1.165) is 32.0 Å². The smallest absolute Gasteiger partial charge is 0.191 e. The van der Waals surface area contributed by atoms with Crippen molar-refractivity contribution in [2.45, 2.75) is 46.3 Å². The fourth-order valence-corrected chi connectivity index (χ4v) is 1.88. The molecule has 0 aromatic heterocycles. The minimum absolute atomic E-state index is 0.417. The van der Waals surface area contributed by atoms with E-state index in [9.17, 15) is 0 Å². The predicted octanol–water partition coefficient (Wildman–Crippen LogP) is 3.19. The van der Waals surface area contributed by atoms with Crippen molar-refractivity contribution in [3.05, 3.63) is 35.9 Å². The molecule has 0 heterocycles. The number of rotatable bonds is 9. The number of benzene rings is 1. The molecule has 124 valence electrons. The van der Waals surface area contributed by atoms with Crippen molar-refractivity contribution in [1.29, 1.82) is 0 Å². The molecule has 0 spiro atoms. The molecule has 0 fully saturated rings. The Kier molecular flexibility index (Phi) is 9.31. The van der Waals surface area contributed by atoms with Crippen LogP contribution < -0.4 is 10.6 Å². The lowest BCUT2D eigenvalue weighted by Gasteiger charge is -2.20. The first kappa shape index (κ1) is 18.5. The summed E-state index contributed by atoms with van der Waals surface area (Å²) in [7, 11) is 1.81. The first-order valence-corrected chi connectivity index (χ1v) is 8.22. The third-order valence-corrected chi connectivity index (χ3v) is 3.71. The number of guanidine groups is 1. The first-order valence-electron chi connectivity index (χ1n) is 8.22. The van der Waals surface area contributed by atoms with E-state index in [1.165, 1.54) is 5.56 Å². The third-order valence-electron chi connectivity index (χ3n) is 3.71. The minimum atomic E-state index is 0.417. The van der Waals surface area contributed by atoms with Crippen LogP contribution in [0, 0.1) is 5.92 Å². The van der Waals surface area contributed by atoms with Gasteiger partial charge in [-0.1, -0.05) is 44.2 Å². The van der Waals surface area contributed by atoms with Crippen LogP contribution in [0.1, 0.15) is 39.2 Å². The normalized spacial score (nSPS) is 13.2. The summed E-state index contributed by atoms with van der Waals surface area (Å²) in [5, 5.41) is 6.74. The molecule has 1 unspecified atom stereocenters. The molecule has 0 aliphatic heterocycles. The van der Waals surface area contributed by atoms with E-state index in [-0.39, 0.29) is 0 Å². The average molecular weight is 305 g/mol. The van der Waals surface area contributed by atoms with Gasteiger partial charge in [-0.15, -0.1) is 0 Å². The number of nitrogens with zero attached hydrogens (tertiary/aromatic N) is 1. The molecule has 0 radical (unpaired) electrons. The van der Waals surface area contributed by atoms with E-state index in [2.05, 4.69) is 48.5 Å². The van der Waals surface area contributed by atoms with Gasteiger partial charge in [0.15, 0.2) is 5.96 Å². The van der Waals surface area contributed by atoms with Crippen LogP contribution >= 0.6 is 0 Å². The van der Waals surface area contributed by atoms with Crippen LogP contribution in [0.3, 0.4) is 0 Å². The SMILES string of the molecule is CN=C(NCCCCOCc1ccccc1)NC(C)C(C)C. The van der Waals surface area contributed by atoms with Crippen molar-refractivity contribution in [2.75, 3.05) is 20.2 Å². The minimum Gasteiger partial charge on any atom is -0.377 e. The monoisotopic (exact) mass is 305 g/mol. The van der Waals surface area contributed by atoms with Crippen LogP contribution in [-0.4, -0.2) is 32.2 Å². The van der Waals surface area contributed by atoms with E-state index in [1.807, 2.05) is 25.2 Å². The highest BCUT2D eigenvalue weighted by Crippen LogP contribution is 2.01. The second-order valence-corrected chi connectivity index (χ2v) is 5.92. The summed E-state index contributed by atoms with van der Waals surface area (Å²) < 4.78 is 5.68. The lowest BCUT2D eigenvalue weighted by atomic mass is 10.1. The Hall–Kier alpha value is -1.55. The first-order chi connectivity index (χ1) is 10.6. The number of hydrogen-bond acceptors (Lipinski definition) is 2. The molecule has 0 aliphatic rings. The van der Waals surface area contributed by atoms with Gasteiger partial charge in [0.25, 0.3) is 0 Å². The van der Waals surface area contributed by atoms with Crippen molar-refractivity contribution < 1.29 is 4.74 Å². The highest BCUT2D eigenvalue weighted by molar-refractivity contribution is 5.79. The highest BCUT2D eigenvalue weighted by Gasteiger charge is 2.08. The molecule has 22 heavy (non-hydrogen) atoms. The maximum Gasteiger partial charge on any atom is 0.191 e. The molecule has 1 aromatic rings. The summed E-state index contributed by atoms with van der Waals surface area (Å²) in [6.07, 6.45) is 2.13. The van der Waals surface area contributed by atoms with Gasteiger partial charge in [-0.3, -0.25) is 4.99 Å². The molecule has 1 aromatic carbocycles. The maximum absolute atomic E-state index is 5.68. The standard InChI is InChI=1S/C18H31N3O/c1-15(2)16(3)21-18(19-4)20-12-8-9-13-22-14-17-10-6-5-7-11-17/h5-7,10-11,15-16H,8-9,12-14H2,1-4H3,(H2,19,20,21). The van der Waals surface area contributed by atoms with Gasteiger partial charge < -0.3 is 15.4 Å². The summed E-state index contributed by atoms with van der Waals surface area (Å²) in [4.78, 5) is 4.25. The van der Waals surface area contributed by atoms with Gasteiger partial charge in [0.1, 0.15) is 0 Å². The second-order valence-electron chi connectivity index (χ2n) is 5.92. The fraction of sp³-hybridized carbons (Fsp3) is 0.611. The van der Waals surface area contributed by atoms with Crippen molar-refractivity contribution >= 4 is 5.96 Å². The largest absolute Gasteiger partial charge is 0.377 e. The summed E-state index contributed by atoms with van der Waals surface area (Å²) in [6, 6.07) is 10.7. The number of aliphatic imine (C=N–C) groups is 1. The molecule has 0 bridgehead atoms. The topological polar surface area (TPSA) is 45.7 Å². The Labute approximate surface area is 135 Å². The lowest BCUT2D eigenvalue weighted by Crippen LogP contribution is -2.44. The van der Waals surface area contributed by atoms with E-state index in [0.29, 0.717) is 18.6 Å². The Morgan fingerprint density at radius 2 is 1.86 bits per heavy atom. The zero-order valence-electron chi connectivity index (χ0n) is 14.4. The molecular formula is C18H31N3O. The Bertz CT molecular complexity index is 418. The van der Waals surface area contributed by atoms with Crippen molar-refractivity contribution in [3.8, 4) is 0 Å². The Morgan fingerprint density at radius 1 is 1.14 bits per heavy atom. The molecule has 1 atom stereocenters. The van der Waals surface area contributed by atoms with E-state index < -0.39 is 0 Å². The van der Waals surface area contributed by atoms with Crippen molar-refractivity contribution in [1.82, 2.24) is 10.6 Å². The third kappa shape index (κ3) is 8.03. The molecule has 4 nitrogen and oxygen atoms in total. The van der Waals surface area contributed by atoms with Crippen molar-refractivity contribution in [3.63, 3.8) is 0 Å². The zero-order chi connectivity index (χ0) is 16.2. The Morgan fingerprint density at radius 3 is 2.50 bits per heavy atom. The predicted molar refractivity (Wildman–Crippen MR) is 94.1 cm³/mol. The second kappa shape index (κ2) is 11.1. The number of nitrogens with one attached hydrogen (secondary N) is 2. The van der Waals surface area contributed by atoms with Gasteiger partial charge in [0.05, 0.1) is 6.61 Å². The quantitative estimate of drug-likeness (QED) is 0.418. The number of ether oxygens (including phenoxy) is 1. The van der Waals surface area contributed by atoms with E-state index in [1.54, 1.807) is 0 Å². The van der Waals surface area contributed by atoms with Crippen LogP contribution in [0.25, 0.3) is 0 Å². The summed E-state index contributed by atoms with van der Waals surface area (Å²) in [5.41, 5.74) is 1.23. The molecule has 4 heteroatoms. The van der Waals surface area contributed by atoms with Gasteiger partial charge in [0, 0.05) is 26.2 Å². The van der Waals surface area contributed by atoms with Gasteiger partial charge in [0.2, 0.25) is 0 Å². The molecule has 0 aliphatic carbocycles. The number of hydrogen-bond donors (Lipinski definition) is 2. The molecular weight excluding hydrogens is 274 g/mol. The van der Waals surface area contributed by atoms with E-state index >= 15 is 0 Å². The van der Waals surface area contributed by atoms with Gasteiger partial charge in [-0.2, -0.15) is 0 Å². The molecule has 0 saturated heterocycles. The van der Waals surface area contributed by atoms with E-state index in [4.69, 9.17) is 4.74 Å². The van der Waals surface area contributed by atoms with Gasteiger partial charge >= 0.3 is 0 Å². The molecule has 1 rings (SSSR count). The van der Waals surface area contributed by atoms with Crippen LogP contribution in [0.5, 0.6) is 0 Å². The van der Waals surface area contributed by atoms with Crippen molar-refractivity contribution in [2.24, 2.45) is 10.9 Å². The highest BCUT2D eigenvalue weighted by atomic mass is 16.5. The summed E-state index contributed by atoms with van der Waals surface area (Å²) >= 11 is 0. The zero-order valence-corrected chi connectivity index (χ0v) is 14.4. The fourth-order valence-electron chi connectivity index (χ4n) is 1.88. The summed E-state index contributed by atoms with van der Waals surface area (Å²) in [6.45, 7) is 8.99. The van der Waals surface area contributed by atoms with Gasteiger partial charge in [-0.05, 0) is 31.2 Å². The van der Waals surface area contributed by atoms with Gasteiger partial charge in [-0.25, -0.2) is 0 Å². The molecule has 0 saturated carbocycles. The van der Waals surface area contributed by atoms with Crippen LogP contribution in [0.15, 0.2) is 35.3 Å².